The van der Waals surface area contributed by atoms with Crippen LogP contribution in [0.3, 0.4) is 0 Å². The Kier molecular flexibility index (Phi) is 3.49. The van der Waals surface area contributed by atoms with E-state index in [9.17, 15) is 0 Å². The van der Waals surface area contributed by atoms with Gasteiger partial charge in [-0.1, -0.05) is 6.92 Å². The smallest absolute Gasteiger partial charge is 0.191 e. The largest absolute Gasteiger partial charge is 0.467 e. The summed E-state index contributed by atoms with van der Waals surface area (Å²) in [7, 11) is 0. The normalized spacial score (nSPS) is 24.2. The molecule has 2 rings (SSSR count). The number of hydrogen-bond acceptors (Lipinski definition) is 2. The molecule has 1 aliphatic carbocycles. The molecule has 4 nitrogen and oxygen atoms in total. The van der Waals surface area contributed by atoms with Crippen LogP contribution in [0.25, 0.3) is 0 Å². The van der Waals surface area contributed by atoms with Crippen LogP contribution in [0.4, 0.5) is 0 Å². The van der Waals surface area contributed by atoms with E-state index in [1.165, 1.54) is 6.42 Å². The van der Waals surface area contributed by atoms with E-state index in [1.807, 2.05) is 12.1 Å². The lowest BCUT2D eigenvalue weighted by Gasteiger charge is -2.10. The fourth-order valence-electron chi connectivity index (χ4n) is 1.58. The molecule has 1 aliphatic rings. The van der Waals surface area contributed by atoms with Crippen molar-refractivity contribution in [1.82, 2.24) is 10.6 Å². The maximum absolute atomic E-state index is 5.24. The van der Waals surface area contributed by atoms with Crippen LogP contribution in [0.15, 0.2) is 27.8 Å². The summed E-state index contributed by atoms with van der Waals surface area (Å²) in [5.41, 5.74) is 0. The molecule has 1 aromatic rings. The second-order valence-electron chi connectivity index (χ2n) is 4.24. The van der Waals surface area contributed by atoms with Gasteiger partial charge in [0.1, 0.15) is 12.3 Å². The third-order valence-electron chi connectivity index (χ3n) is 2.75. The molecule has 0 bridgehead atoms. The first-order valence-corrected chi connectivity index (χ1v) is 5.87. The highest BCUT2D eigenvalue weighted by molar-refractivity contribution is 5.80. The van der Waals surface area contributed by atoms with Crippen molar-refractivity contribution in [2.24, 2.45) is 10.9 Å². The summed E-state index contributed by atoms with van der Waals surface area (Å²) in [5, 5.41) is 6.64. The van der Waals surface area contributed by atoms with E-state index in [0.717, 1.165) is 24.2 Å². The van der Waals surface area contributed by atoms with Gasteiger partial charge in [-0.3, -0.25) is 0 Å². The van der Waals surface area contributed by atoms with E-state index < -0.39 is 0 Å². The number of guanidine groups is 1. The molecular formula is C12H19N3O. The Labute approximate surface area is 96.1 Å². The third-order valence-corrected chi connectivity index (χ3v) is 2.75. The van der Waals surface area contributed by atoms with Crippen LogP contribution in [0.1, 0.15) is 26.0 Å². The minimum Gasteiger partial charge on any atom is -0.467 e. The molecule has 0 aliphatic heterocycles. The van der Waals surface area contributed by atoms with Gasteiger partial charge in [-0.05, 0) is 31.4 Å². The van der Waals surface area contributed by atoms with Gasteiger partial charge in [0, 0.05) is 12.6 Å². The second kappa shape index (κ2) is 5.05. The van der Waals surface area contributed by atoms with Crippen LogP contribution < -0.4 is 10.6 Å². The van der Waals surface area contributed by atoms with Crippen molar-refractivity contribution in [3.8, 4) is 0 Å². The molecule has 88 valence electrons. The van der Waals surface area contributed by atoms with E-state index >= 15 is 0 Å². The number of furan rings is 1. The van der Waals surface area contributed by atoms with Crippen LogP contribution in [0.2, 0.25) is 0 Å². The molecule has 0 spiro atoms. The maximum atomic E-state index is 5.24. The van der Waals surface area contributed by atoms with Gasteiger partial charge in [0.2, 0.25) is 0 Å². The number of rotatable bonds is 4. The lowest BCUT2D eigenvalue weighted by Crippen LogP contribution is -2.39. The zero-order valence-electron chi connectivity index (χ0n) is 9.86. The summed E-state index contributed by atoms with van der Waals surface area (Å²) in [4.78, 5) is 4.47. The number of aliphatic imine (C=N–C) groups is 1. The summed E-state index contributed by atoms with van der Waals surface area (Å²) in [6.45, 7) is 5.78. The van der Waals surface area contributed by atoms with Crippen LogP contribution in [-0.4, -0.2) is 18.5 Å². The minimum atomic E-state index is 0.587. The number of hydrogen-bond donors (Lipinski definition) is 2. The molecule has 2 unspecified atom stereocenters. The van der Waals surface area contributed by atoms with Crippen molar-refractivity contribution in [2.75, 3.05) is 6.54 Å². The summed E-state index contributed by atoms with van der Waals surface area (Å²) in [6.07, 6.45) is 2.92. The Hall–Kier alpha value is -1.45. The van der Waals surface area contributed by atoms with E-state index in [1.54, 1.807) is 6.26 Å². The molecule has 1 fully saturated rings. The predicted octanol–water partition coefficient (Wildman–Crippen LogP) is 1.74. The van der Waals surface area contributed by atoms with Gasteiger partial charge in [-0.2, -0.15) is 0 Å². The molecular weight excluding hydrogens is 202 g/mol. The predicted molar refractivity (Wildman–Crippen MR) is 64.2 cm³/mol. The summed E-state index contributed by atoms with van der Waals surface area (Å²) in [6, 6.07) is 4.41. The molecule has 1 heterocycles. The zero-order chi connectivity index (χ0) is 11.4. The summed E-state index contributed by atoms with van der Waals surface area (Å²) < 4.78 is 5.24. The van der Waals surface area contributed by atoms with Crippen molar-refractivity contribution >= 4 is 5.96 Å². The van der Waals surface area contributed by atoms with Crippen molar-refractivity contribution in [2.45, 2.75) is 32.9 Å². The van der Waals surface area contributed by atoms with Crippen LogP contribution in [-0.2, 0) is 6.54 Å². The Morgan fingerprint density at radius 1 is 1.62 bits per heavy atom. The first-order chi connectivity index (χ1) is 7.79. The van der Waals surface area contributed by atoms with Gasteiger partial charge in [0.15, 0.2) is 5.96 Å². The SMILES string of the molecule is CCNC(=NCc1ccco1)NC1CC1C. The van der Waals surface area contributed by atoms with Crippen LogP contribution in [0, 0.1) is 5.92 Å². The number of nitrogens with zero attached hydrogens (tertiary/aromatic N) is 1. The molecule has 1 saturated carbocycles. The number of nitrogens with one attached hydrogen (secondary N) is 2. The van der Waals surface area contributed by atoms with Crippen LogP contribution in [0.5, 0.6) is 0 Å². The molecule has 0 aromatic carbocycles. The molecule has 0 amide bonds. The molecule has 0 saturated heterocycles. The van der Waals surface area contributed by atoms with Gasteiger partial charge in [-0.25, -0.2) is 4.99 Å². The molecule has 2 N–H and O–H groups in total. The molecule has 16 heavy (non-hydrogen) atoms. The lowest BCUT2D eigenvalue weighted by molar-refractivity contribution is 0.512. The molecule has 4 heteroatoms. The average molecular weight is 221 g/mol. The van der Waals surface area contributed by atoms with E-state index in [2.05, 4.69) is 29.5 Å². The fraction of sp³-hybridized carbons (Fsp3) is 0.583. The second-order valence-corrected chi connectivity index (χ2v) is 4.24. The van der Waals surface area contributed by atoms with E-state index in [0.29, 0.717) is 12.6 Å². The van der Waals surface area contributed by atoms with Gasteiger partial charge in [0.25, 0.3) is 0 Å². The van der Waals surface area contributed by atoms with Crippen LogP contribution >= 0.6 is 0 Å². The van der Waals surface area contributed by atoms with Gasteiger partial charge in [0.05, 0.1) is 6.26 Å². The summed E-state index contributed by atoms with van der Waals surface area (Å²) >= 11 is 0. The topological polar surface area (TPSA) is 49.6 Å². The highest BCUT2D eigenvalue weighted by atomic mass is 16.3. The Morgan fingerprint density at radius 2 is 2.44 bits per heavy atom. The first kappa shape index (κ1) is 11.0. The molecule has 0 radical (unpaired) electrons. The highest BCUT2D eigenvalue weighted by Gasteiger charge is 2.33. The van der Waals surface area contributed by atoms with Crippen molar-refractivity contribution in [3.63, 3.8) is 0 Å². The fourth-order valence-corrected chi connectivity index (χ4v) is 1.58. The Balaban J connectivity index is 1.87. The highest BCUT2D eigenvalue weighted by Crippen LogP contribution is 2.28. The van der Waals surface area contributed by atoms with E-state index in [4.69, 9.17) is 4.42 Å². The summed E-state index contributed by atoms with van der Waals surface area (Å²) in [5.74, 6) is 2.54. The Morgan fingerprint density at radius 3 is 3.00 bits per heavy atom. The lowest BCUT2D eigenvalue weighted by atomic mass is 10.4. The Bertz CT molecular complexity index is 345. The quantitative estimate of drug-likeness (QED) is 0.601. The third kappa shape index (κ3) is 3.02. The van der Waals surface area contributed by atoms with Gasteiger partial charge < -0.3 is 15.1 Å². The van der Waals surface area contributed by atoms with Crippen molar-refractivity contribution in [3.05, 3.63) is 24.2 Å². The van der Waals surface area contributed by atoms with E-state index in [-0.39, 0.29) is 0 Å². The monoisotopic (exact) mass is 221 g/mol. The zero-order valence-corrected chi connectivity index (χ0v) is 9.86. The first-order valence-electron chi connectivity index (χ1n) is 5.87. The van der Waals surface area contributed by atoms with Gasteiger partial charge >= 0.3 is 0 Å². The van der Waals surface area contributed by atoms with Crippen molar-refractivity contribution in [1.29, 1.82) is 0 Å². The average Bonchev–Trinajstić information content (AvgIpc) is 2.80. The standard InChI is InChI=1S/C12H19N3O/c1-3-13-12(15-11-7-9(11)2)14-8-10-5-4-6-16-10/h4-6,9,11H,3,7-8H2,1-2H3,(H2,13,14,15). The van der Waals surface area contributed by atoms with Crippen molar-refractivity contribution < 1.29 is 4.42 Å². The van der Waals surface area contributed by atoms with Gasteiger partial charge in [-0.15, -0.1) is 0 Å². The molecule has 1 aromatic heterocycles. The minimum absolute atomic E-state index is 0.587. The maximum Gasteiger partial charge on any atom is 0.191 e. The molecule has 2 atom stereocenters.